The van der Waals surface area contributed by atoms with Crippen molar-refractivity contribution in [3.05, 3.63) is 122 Å². The van der Waals surface area contributed by atoms with Gasteiger partial charge in [0.25, 0.3) is 17.3 Å². The predicted octanol–water partition coefficient (Wildman–Crippen LogP) is 7.85. The molecule has 4 aliphatic rings. The largest absolute Gasteiger partial charge is 0.490 e. The summed E-state index contributed by atoms with van der Waals surface area (Å²) in [5.74, 6) is -3.47. The van der Waals surface area contributed by atoms with Crippen molar-refractivity contribution >= 4 is 88.3 Å². The summed E-state index contributed by atoms with van der Waals surface area (Å²) in [5.41, 5.74) is 9.97. The minimum Gasteiger partial charge on any atom is -0.490 e. The summed E-state index contributed by atoms with van der Waals surface area (Å²) < 4.78 is 23.8. The first-order valence-corrected chi connectivity index (χ1v) is 34.6. The molecule has 10 rings (SSSR count). The van der Waals surface area contributed by atoms with Crippen LogP contribution in [0.1, 0.15) is 182 Å². The number of unbranched alkanes of at least 4 members (excludes halogenated alkanes) is 2. The molecule has 3 aromatic heterocycles. The molecule has 0 bridgehead atoms. The van der Waals surface area contributed by atoms with Crippen LogP contribution in [0.15, 0.2) is 76.8 Å². The molecule has 24 nitrogen and oxygen atoms in total. The number of halogens is 1. The third kappa shape index (κ3) is 15.7. The fraction of sp³-hybridized carbons (Fsp3) is 0.485. The molecule has 1 aliphatic carbocycles. The van der Waals surface area contributed by atoms with E-state index in [4.69, 9.17) is 26.6 Å². The van der Waals surface area contributed by atoms with Crippen LogP contribution in [0.4, 0.5) is 0 Å². The molecule has 6 aromatic rings. The van der Waals surface area contributed by atoms with Gasteiger partial charge in [-0.25, -0.2) is 4.98 Å². The zero-order valence-corrected chi connectivity index (χ0v) is 54.9. The molecule has 3 aliphatic heterocycles. The summed E-state index contributed by atoms with van der Waals surface area (Å²) in [6, 6.07) is 14.5. The van der Waals surface area contributed by atoms with Crippen LogP contribution < -0.4 is 31.7 Å². The van der Waals surface area contributed by atoms with E-state index in [1.807, 2.05) is 63.5 Å². The van der Waals surface area contributed by atoms with Gasteiger partial charge in [-0.15, -0.1) is 11.3 Å². The minimum absolute atomic E-state index is 0.0317. The van der Waals surface area contributed by atoms with Gasteiger partial charge >= 0.3 is 7.60 Å². The topological polar surface area (TPSA) is 359 Å². The molecule has 0 radical (unpaired) electrons. The molecule has 10 N–H and O–H groups in total. The summed E-state index contributed by atoms with van der Waals surface area (Å²) in [5, 5.41) is 27.8. The van der Waals surface area contributed by atoms with Gasteiger partial charge in [0.2, 0.25) is 29.5 Å². The van der Waals surface area contributed by atoms with E-state index < -0.39 is 84.3 Å². The van der Waals surface area contributed by atoms with Crippen molar-refractivity contribution in [2.45, 2.75) is 179 Å². The number of rotatable bonds is 24. The molecule has 3 saturated heterocycles. The number of H-pyrrole nitrogens is 1. The van der Waals surface area contributed by atoms with Gasteiger partial charge in [-0.1, -0.05) is 86.3 Å². The van der Waals surface area contributed by atoms with Gasteiger partial charge in [0.05, 0.1) is 39.3 Å². The molecule has 27 heteroatoms. The lowest BCUT2D eigenvalue weighted by Gasteiger charge is -2.35. The van der Waals surface area contributed by atoms with E-state index in [1.165, 1.54) is 29.2 Å². The highest BCUT2D eigenvalue weighted by atomic mass is 35.5. The summed E-state index contributed by atoms with van der Waals surface area (Å²) in [7, 11) is -5.05. The normalized spacial score (nSPS) is 21.1. The molecule has 7 amide bonds. The van der Waals surface area contributed by atoms with E-state index in [9.17, 15) is 57.8 Å². The number of ether oxygens (including phenoxy) is 1. The number of nitrogens with two attached hydrogens (primary N) is 1. The Hall–Kier alpha value is -7.80. The SMILES string of the molecule is Cc1ncsc1-c1ccc([C@H](C)NC(=O)[C@@H]2C[C@@H](O)CN2C(=O)[C@H]2c3onc(C(=O)NCCCCCc4cccc(OC[C@H](CCC(N)=O)NC(=O)[C@@H]5CC[C@@H]6CCCC[C@H](NC(=O)c7cc8cc(C(=O)P(=O)(O)O)ccc8[nH]7)C(=O)N65)c4Cl)c3CCCC2(C)C)cc1. The van der Waals surface area contributed by atoms with Crippen LogP contribution in [0.25, 0.3) is 21.3 Å². The van der Waals surface area contributed by atoms with Crippen molar-refractivity contribution in [1.29, 1.82) is 0 Å². The van der Waals surface area contributed by atoms with E-state index in [1.54, 1.807) is 28.4 Å². The van der Waals surface area contributed by atoms with Gasteiger partial charge in [0.1, 0.15) is 42.1 Å². The first-order chi connectivity index (χ1) is 44.4. The predicted molar refractivity (Wildman–Crippen MR) is 346 cm³/mol. The van der Waals surface area contributed by atoms with Crippen molar-refractivity contribution in [1.82, 2.24) is 46.2 Å². The number of likely N-dealkylation sites (tertiary alicyclic amines) is 1. The third-order valence-corrected chi connectivity index (χ3v) is 20.7. The number of thiazole rings is 1. The number of amides is 7. The molecule has 3 aromatic carbocycles. The van der Waals surface area contributed by atoms with Crippen LogP contribution in [-0.4, -0.2) is 143 Å². The quantitative estimate of drug-likeness (QED) is 0.0158. The standard InChI is InChI=1S/C66H80ClN10O14PS/c1-36(38-18-20-40(21-19-38)58-37(2)70-35-93-58)71-61(82)51-32-45(78)33-76(51)64(85)54-57-46(15-11-28-66(54,3)4)56(75-91-57)62(83)69-29-9-5-6-12-39-13-10-17-52(55(39)67)90-34-43(23-27-53(68)79)72-60(81)50-26-24-44-14-7-8-16-48(63(84)77(44)50)74-59(80)49-31-42-30-41(22-25-47(42)73-49)65(86)92(87,88)89/h10,13,17-22,25,30-31,35-36,43-45,48,50-51,54,73,78H,5-9,11-12,14-16,23-24,26-29,32-34H2,1-4H3,(H2,68,79)(H,69,83)(H,71,82)(H,72,81)(H,74,80)(H2,87,88,89)/t36-,43-,44-,45+,48-,50-,51-,54+/m0/s1. The number of aromatic nitrogens is 3. The average Bonchev–Trinajstić information content (AvgIpc) is 1.64. The Morgan fingerprint density at radius 2 is 1.70 bits per heavy atom. The second kappa shape index (κ2) is 29.2. The fourth-order valence-corrected chi connectivity index (χ4v) is 15.0. The monoisotopic (exact) mass is 1330 g/mol. The Morgan fingerprint density at radius 1 is 0.935 bits per heavy atom. The number of hydrogen-bond donors (Lipinski definition) is 9. The number of nitrogens with zero attached hydrogens (tertiary/aromatic N) is 4. The number of aryl methyl sites for hydroxylation is 2. The smallest absolute Gasteiger partial charge is 0.396 e. The summed E-state index contributed by atoms with van der Waals surface area (Å²) in [6.07, 6.45) is 6.88. The number of carbonyl (C=O) groups excluding carboxylic acids is 8. The van der Waals surface area contributed by atoms with Crippen molar-refractivity contribution in [3.8, 4) is 16.2 Å². The second-order valence-electron chi connectivity index (χ2n) is 25.6. The van der Waals surface area contributed by atoms with Gasteiger partial charge in [-0.3, -0.25) is 42.9 Å². The number of hydrogen-bond acceptors (Lipinski definition) is 15. The van der Waals surface area contributed by atoms with E-state index in [-0.39, 0.29) is 73.3 Å². The summed E-state index contributed by atoms with van der Waals surface area (Å²) in [4.78, 5) is 139. The number of nitrogens with one attached hydrogen (secondary N) is 5. The van der Waals surface area contributed by atoms with Crippen molar-refractivity contribution in [2.24, 2.45) is 11.1 Å². The second-order valence-corrected chi connectivity index (χ2v) is 28.3. The van der Waals surface area contributed by atoms with Gasteiger partial charge < -0.3 is 65.9 Å². The van der Waals surface area contributed by atoms with Crippen molar-refractivity contribution < 1.29 is 67.1 Å². The van der Waals surface area contributed by atoms with Gasteiger partial charge in [-0.05, 0) is 137 Å². The molecule has 3 fully saturated rings. The van der Waals surface area contributed by atoms with E-state index in [2.05, 4.69) is 36.4 Å². The molecule has 0 unspecified atom stereocenters. The molecule has 8 atom stereocenters. The number of fused-ring (bicyclic) bond motifs is 3. The van der Waals surface area contributed by atoms with E-state index in [0.29, 0.717) is 117 Å². The Kier molecular flexibility index (Phi) is 21.4. The highest BCUT2D eigenvalue weighted by Gasteiger charge is 2.50. The van der Waals surface area contributed by atoms with Crippen LogP contribution in [0.2, 0.25) is 5.02 Å². The lowest BCUT2D eigenvalue weighted by atomic mass is 9.74. The first-order valence-electron chi connectivity index (χ1n) is 31.8. The molecule has 6 heterocycles. The van der Waals surface area contributed by atoms with Crippen LogP contribution in [0.5, 0.6) is 5.75 Å². The lowest BCUT2D eigenvalue weighted by molar-refractivity contribution is -0.143. The van der Waals surface area contributed by atoms with Crippen molar-refractivity contribution in [3.63, 3.8) is 0 Å². The Balaban J connectivity index is 0.705. The van der Waals surface area contributed by atoms with Crippen LogP contribution in [0.3, 0.4) is 0 Å². The van der Waals surface area contributed by atoms with Gasteiger partial charge in [-0.2, -0.15) is 0 Å². The Bertz CT molecular complexity index is 3850. The maximum atomic E-state index is 14.8. The maximum absolute atomic E-state index is 14.8. The molecular weight excluding hydrogens is 1260 g/mol. The lowest BCUT2D eigenvalue weighted by Crippen LogP contribution is -2.57. The fourth-order valence-electron chi connectivity index (χ4n) is 13.5. The van der Waals surface area contributed by atoms with E-state index in [0.717, 1.165) is 33.7 Å². The first kappa shape index (κ1) is 68.1. The molecule has 0 spiro atoms. The molecule has 496 valence electrons. The van der Waals surface area contributed by atoms with Crippen LogP contribution >= 0.6 is 30.5 Å². The number of β-amino-alcohol motifs (C(OH)–C–C–N with tert-alkyl or cyclic N) is 1. The van der Waals surface area contributed by atoms with Crippen LogP contribution in [0, 0.1) is 12.3 Å². The number of primary amides is 1. The van der Waals surface area contributed by atoms with Crippen LogP contribution in [-0.2, 0) is 41.4 Å². The number of aliphatic hydroxyl groups is 1. The molecular formula is C66H80ClN10O14PS. The number of aromatic amines is 1. The minimum atomic E-state index is -5.05. The van der Waals surface area contributed by atoms with Gasteiger partial charge in [0.15, 0.2) is 11.5 Å². The summed E-state index contributed by atoms with van der Waals surface area (Å²) in [6.45, 7) is 8.00. The highest BCUT2D eigenvalue weighted by molar-refractivity contribution is 7.70. The molecule has 0 saturated carbocycles. The Labute approximate surface area is 547 Å². The summed E-state index contributed by atoms with van der Waals surface area (Å²) >= 11 is 8.50. The molecule has 93 heavy (non-hydrogen) atoms. The van der Waals surface area contributed by atoms with Crippen molar-refractivity contribution in [2.75, 3.05) is 19.7 Å². The highest BCUT2D eigenvalue weighted by Crippen LogP contribution is 2.47. The zero-order valence-electron chi connectivity index (χ0n) is 52.4. The van der Waals surface area contributed by atoms with Gasteiger partial charge in [0, 0.05) is 54.0 Å². The Morgan fingerprint density at radius 3 is 2.44 bits per heavy atom. The number of carbonyl (C=O) groups is 8. The number of aliphatic hydroxyl groups excluding tert-OH is 1. The maximum Gasteiger partial charge on any atom is 0.396 e. The zero-order chi connectivity index (χ0) is 66.5. The third-order valence-electron chi connectivity index (χ3n) is 18.5. The average molecular weight is 1340 g/mol. The van der Waals surface area contributed by atoms with E-state index >= 15 is 0 Å². The number of benzene rings is 3.